The van der Waals surface area contributed by atoms with Crippen molar-refractivity contribution >= 4 is 83.0 Å². The number of carbonyl (C=O) groups is 7. The van der Waals surface area contributed by atoms with Crippen molar-refractivity contribution < 1.29 is 66.7 Å². The zero-order chi connectivity index (χ0) is 104. The average Bonchev–Trinajstić information content (AvgIpc) is 0.813. The summed E-state index contributed by atoms with van der Waals surface area (Å²) in [6.07, 6.45) is 22.6. The van der Waals surface area contributed by atoms with E-state index in [1.165, 1.54) is 56.2 Å². The molecule has 0 fully saturated rings. The first-order chi connectivity index (χ1) is 69.6. The molecule has 714 valence electrons. The Balaban J connectivity index is 0.000000205. The topological polar surface area (TPSA) is 327 Å². The van der Waals surface area contributed by atoms with Gasteiger partial charge in [-0.05, 0) is 285 Å². The minimum Gasteiger partial charge on any atom is -0.497 e. The molecule has 0 amide bonds. The van der Waals surface area contributed by atoms with E-state index in [1.807, 2.05) is 169 Å². The lowest BCUT2D eigenvalue weighted by Crippen LogP contribution is -2.02. The van der Waals surface area contributed by atoms with E-state index in [9.17, 15) is 33.6 Å². The number of hydrogen-bond donors (Lipinski definition) is 0. The lowest BCUT2D eigenvalue weighted by molar-refractivity contribution is 0.103. The van der Waals surface area contributed by atoms with Gasteiger partial charge in [-0.3, -0.25) is 33.6 Å². The Bertz CT molecular complexity index is 7430. The van der Waals surface area contributed by atoms with Gasteiger partial charge in [-0.25, -0.2) is 0 Å². The van der Waals surface area contributed by atoms with E-state index in [2.05, 4.69) is 36.4 Å². The van der Waals surface area contributed by atoms with Crippen molar-refractivity contribution in [2.45, 2.75) is 41.5 Å². The molecule has 14 aromatic carbocycles. The van der Waals surface area contributed by atoms with Crippen molar-refractivity contribution in [2.24, 2.45) is 0 Å². The molecular weight excluding hydrogens is 1800 g/mol. The van der Waals surface area contributed by atoms with Crippen molar-refractivity contribution in [3.8, 4) is 76.7 Å². The number of ether oxygens (including phenoxy) is 7. The zero-order valence-electron chi connectivity index (χ0n) is 81.9. The number of aryl methyl sites for hydroxylation is 6. The number of nitrogens with zero attached hydrogens (tertiary/aromatic N) is 6. The molecule has 14 rings (SSSR count). The first kappa shape index (κ1) is 110. The molecule has 0 bridgehead atoms. The van der Waals surface area contributed by atoms with Crippen LogP contribution in [-0.2, 0) is 0 Å². The van der Waals surface area contributed by atoms with E-state index in [-0.39, 0.29) is 40.5 Å². The molecule has 0 spiro atoms. The van der Waals surface area contributed by atoms with Crippen molar-refractivity contribution in [2.75, 3.05) is 49.8 Å². The number of nitriles is 6. The van der Waals surface area contributed by atoms with Gasteiger partial charge in [0.25, 0.3) is 0 Å². The summed E-state index contributed by atoms with van der Waals surface area (Å²) in [6, 6.07) is 104. The summed E-state index contributed by atoms with van der Waals surface area (Å²) in [4.78, 5) is 85.2. The number of hydrogen-bond acceptors (Lipinski definition) is 20. The van der Waals surface area contributed by atoms with E-state index in [1.54, 1.807) is 266 Å². The standard InChI is InChI=1S/C18H15NO3.3C18H15NO2.C18H18O2.C17H13NO2.C17H13NO/c1-21-16-7-4-8-17(22-2)18(16)15(20)10-9-13-5-3-6-14(11-13)12-19;1-13-6-9-18(21-2)16(10-13)17(20)8-7-14-4-3-5-15(11-14)12-19;1-13-6-8-16(11-18(13)21-2)17(20)9-7-14-4-3-5-15(10-14)12-19;1-13-6-8-16(18(10-13)21-2)17(20)9-7-14-4-3-5-15(11-14)12-19;1-13-5-4-6-15(9-13)7-8-18(19)16-10-14(2)11-17(12-16)20-3;1-20-16-7-3-6-15(11-16)17(19)9-8-13-4-2-5-14(10-13)12-18;1-13-5-8-16(9-6-13)17(19)10-7-14-3-2-4-15(11-14)12-18/h3-11H,1-2H3;3*3-11H,1-2H3;4-12H,1-3H3;2-11H,1H3;2-11H,1H3/b10-9+;8-7+;2*9-7+;8-7+;9-8+;10-7+. The van der Waals surface area contributed by atoms with Gasteiger partial charge in [-0.15, -0.1) is 0 Å². The third kappa shape index (κ3) is 35.9. The molecule has 0 aliphatic carbocycles. The summed E-state index contributed by atoms with van der Waals surface area (Å²) in [5, 5.41) is 53.1. The van der Waals surface area contributed by atoms with E-state index < -0.39 is 0 Å². The van der Waals surface area contributed by atoms with Crippen LogP contribution in [0.15, 0.2) is 352 Å². The van der Waals surface area contributed by atoms with Gasteiger partial charge in [0, 0.05) is 22.3 Å². The Labute approximate surface area is 840 Å². The zero-order valence-corrected chi connectivity index (χ0v) is 81.9. The van der Waals surface area contributed by atoms with Gasteiger partial charge < -0.3 is 33.2 Å². The van der Waals surface area contributed by atoms with Crippen molar-refractivity contribution in [1.82, 2.24) is 0 Å². The number of allylic oxidation sites excluding steroid dienone is 7. The SMILES string of the molecule is COc1cc(C(=O)/C=C/c2cccc(C#N)c2)ccc1C.COc1cc(C)cc(C(=O)/C=C/c2cccc(C)c2)c1.COc1cc(C)ccc1C(=O)/C=C/c1cccc(C#N)c1.COc1ccc(C)cc1C(=O)/C=C/c1cccc(C#N)c1.COc1cccc(C(=O)/C=C/c2cccc(C#N)c2)c1.COc1cccc(OC)c1C(=O)/C=C/c1cccc(C#N)c1.Cc1ccc(C(=O)/C=C/c2cccc(C#N)c2)cc1. The van der Waals surface area contributed by atoms with Crippen molar-refractivity contribution in [3.05, 3.63) is 497 Å². The lowest BCUT2D eigenvalue weighted by Gasteiger charge is -2.10. The van der Waals surface area contributed by atoms with Crippen LogP contribution < -0.4 is 33.2 Å². The van der Waals surface area contributed by atoms with Gasteiger partial charge in [-0.2, -0.15) is 31.6 Å². The molecule has 14 aromatic rings. The second-order valence-corrected chi connectivity index (χ2v) is 31.7. The minimum absolute atomic E-state index is 0.0199. The fourth-order valence-electron chi connectivity index (χ4n) is 13.5. The molecule has 0 unspecified atom stereocenters. The van der Waals surface area contributed by atoms with E-state index >= 15 is 0 Å². The van der Waals surface area contributed by atoms with Gasteiger partial charge in [0.2, 0.25) is 0 Å². The van der Waals surface area contributed by atoms with Crippen LogP contribution in [0.3, 0.4) is 0 Å². The van der Waals surface area contributed by atoms with Crippen molar-refractivity contribution in [3.63, 3.8) is 0 Å². The number of rotatable bonds is 28. The van der Waals surface area contributed by atoms with Gasteiger partial charge in [0.1, 0.15) is 45.8 Å². The highest BCUT2D eigenvalue weighted by molar-refractivity contribution is 6.12. The molecule has 0 aliphatic heterocycles. The molecule has 0 N–H and O–H groups in total. The Morgan fingerprint density at radius 2 is 0.528 bits per heavy atom. The second-order valence-electron chi connectivity index (χ2n) is 31.7. The first-order valence-electron chi connectivity index (χ1n) is 44.8. The molecule has 0 aromatic heterocycles. The highest BCUT2D eigenvalue weighted by atomic mass is 16.5. The van der Waals surface area contributed by atoms with Gasteiger partial charge in [-0.1, -0.05) is 223 Å². The van der Waals surface area contributed by atoms with Crippen LogP contribution in [0.2, 0.25) is 0 Å². The number of ketones is 7. The van der Waals surface area contributed by atoms with Crippen LogP contribution in [-0.4, -0.2) is 90.3 Å². The Kier molecular flexibility index (Phi) is 44.3. The number of methoxy groups -OCH3 is 7. The fraction of sp³-hybridized carbons (Fsp3) is 0.105. The summed E-state index contributed by atoms with van der Waals surface area (Å²) in [5.74, 6) is 3.34. The predicted molar refractivity (Wildman–Crippen MR) is 566 cm³/mol. The summed E-state index contributed by atoms with van der Waals surface area (Å²) >= 11 is 0. The molecule has 20 heteroatoms. The first-order valence-corrected chi connectivity index (χ1v) is 44.8. The maximum absolute atomic E-state index is 12.4. The third-order valence-electron chi connectivity index (χ3n) is 21.0. The van der Waals surface area contributed by atoms with Gasteiger partial charge >= 0.3 is 0 Å². The van der Waals surface area contributed by atoms with Gasteiger partial charge in [0.05, 0.1) is 131 Å². The third-order valence-corrected chi connectivity index (χ3v) is 21.0. The Morgan fingerprint density at radius 3 is 0.931 bits per heavy atom. The molecule has 0 saturated heterocycles. The maximum Gasteiger partial charge on any atom is 0.193 e. The highest BCUT2D eigenvalue weighted by Gasteiger charge is 2.18. The van der Waals surface area contributed by atoms with Crippen molar-refractivity contribution in [1.29, 1.82) is 31.6 Å². The summed E-state index contributed by atoms with van der Waals surface area (Å²) in [5.41, 5.74) is 19.5. The Hall–Kier alpha value is -19.5. The lowest BCUT2D eigenvalue weighted by atomic mass is 10.0. The maximum atomic E-state index is 12.4. The summed E-state index contributed by atoms with van der Waals surface area (Å²) < 4.78 is 36.4. The monoisotopic (exact) mass is 1900 g/mol. The second kappa shape index (κ2) is 58.2. The molecule has 144 heavy (non-hydrogen) atoms. The smallest absolute Gasteiger partial charge is 0.193 e. The average molecular weight is 1900 g/mol. The van der Waals surface area contributed by atoms with E-state index in [0.29, 0.717) is 113 Å². The van der Waals surface area contributed by atoms with Crippen LogP contribution in [0.25, 0.3) is 42.5 Å². The minimum atomic E-state index is -0.225. The molecule has 0 saturated carbocycles. The van der Waals surface area contributed by atoms with Crippen LogP contribution in [0.1, 0.15) is 178 Å². The molecular formula is C124H104N6O14. The van der Waals surface area contributed by atoms with Gasteiger partial charge in [0.15, 0.2) is 40.5 Å². The molecule has 0 heterocycles. The van der Waals surface area contributed by atoms with E-state index in [4.69, 9.17) is 64.7 Å². The predicted octanol–water partition coefficient (Wildman–Crippen LogP) is 26.2. The quantitative estimate of drug-likeness (QED) is 0.0325. The van der Waals surface area contributed by atoms with E-state index in [0.717, 1.165) is 66.8 Å². The largest absolute Gasteiger partial charge is 0.497 e. The molecule has 20 nitrogen and oxygen atoms in total. The van der Waals surface area contributed by atoms with Crippen LogP contribution >= 0.6 is 0 Å². The number of benzene rings is 14. The summed E-state index contributed by atoms with van der Waals surface area (Å²) in [7, 11) is 10.8. The summed E-state index contributed by atoms with van der Waals surface area (Å²) in [6.45, 7) is 11.8. The van der Waals surface area contributed by atoms with Crippen LogP contribution in [0.4, 0.5) is 0 Å². The molecule has 0 aliphatic rings. The fourth-order valence-corrected chi connectivity index (χ4v) is 13.5. The van der Waals surface area contributed by atoms with Crippen LogP contribution in [0, 0.1) is 110 Å². The van der Waals surface area contributed by atoms with Crippen LogP contribution in [0.5, 0.6) is 40.2 Å². The number of carbonyl (C=O) groups excluding carboxylic acids is 7. The Morgan fingerprint density at radius 1 is 0.208 bits per heavy atom. The molecule has 0 atom stereocenters. The highest BCUT2D eigenvalue weighted by Crippen LogP contribution is 2.31. The normalized spacial score (nSPS) is 10.4. The molecule has 0 radical (unpaired) electrons.